The second-order valence-electron chi connectivity index (χ2n) is 4.32. The molecule has 1 aromatic heterocycles. The fourth-order valence-electron chi connectivity index (χ4n) is 2.32. The quantitative estimate of drug-likeness (QED) is 0.554. The summed E-state index contributed by atoms with van der Waals surface area (Å²) in [6.07, 6.45) is 1.70. The van der Waals surface area contributed by atoms with E-state index in [1.807, 2.05) is 42.5 Å². The van der Waals surface area contributed by atoms with Gasteiger partial charge in [-0.3, -0.25) is 10.00 Å². The first kappa shape index (κ1) is 10.2. The third-order valence-electron chi connectivity index (χ3n) is 3.15. The number of H-pyrrole nitrogens is 1. The smallest absolute Gasteiger partial charge is 0.190 e. The number of aromatic nitrogens is 2. The Morgan fingerprint density at radius 2 is 1.68 bits per heavy atom. The maximum atomic E-state index is 5.83. The summed E-state index contributed by atoms with van der Waals surface area (Å²) >= 11 is 0. The molecule has 0 radical (unpaired) electrons. The SMILES string of the molecule is c1ccc(N2c3ccccc3Oc3cn[nH]c32)cc1. The first-order chi connectivity index (χ1) is 9.43. The lowest BCUT2D eigenvalue weighted by Crippen LogP contribution is -2.15. The van der Waals surface area contributed by atoms with E-state index in [2.05, 4.69) is 27.2 Å². The van der Waals surface area contributed by atoms with Gasteiger partial charge in [-0.15, -0.1) is 0 Å². The Morgan fingerprint density at radius 3 is 2.58 bits per heavy atom. The summed E-state index contributed by atoms with van der Waals surface area (Å²) in [5, 5.41) is 7.07. The average Bonchev–Trinajstić information content (AvgIpc) is 2.93. The second kappa shape index (κ2) is 3.88. The molecule has 0 aliphatic carbocycles. The van der Waals surface area contributed by atoms with E-state index in [9.17, 15) is 0 Å². The molecule has 3 aromatic rings. The molecular weight excluding hydrogens is 238 g/mol. The summed E-state index contributed by atoms with van der Waals surface area (Å²) in [6, 6.07) is 18.1. The summed E-state index contributed by atoms with van der Waals surface area (Å²) in [6.45, 7) is 0. The van der Waals surface area contributed by atoms with Crippen LogP contribution in [0.15, 0.2) is 60.8 Å². The van der Waals surface area contributed by atoms with Gasteiger partial charge in [0.2, 0.25) is 0 Å². The van der Waals surface area contributed by atoms with Crippen molar-refractivity contribution < 1.29 is 4.74 Å². The molecule has 0 saturated carbocycles. The molecule has 0 unspecified atom stereocenters. The van der Waals surface area contributed by atoms with Gasteiger partial charge >= 0.3 is 0 Å². The topological polar surface area (TPSA) is 41.1 Å². The van der Waals surface area contributed by atoms with E-state index in [1.54, 1.807) is 6.20 Å². The van der Waals surface area contributed by atoms with Crippen LogP contribution in [0.25, 0.3) is 0 Å². The van der Waals surface area contributed by atoms with Gasteiger partial charge in [-0.2, -0.15) is 5.10 Å². The van der Waals surface area contributed by atoms with Crippen molar-refractivity contribution in [3.05, 3.63) is 60.8 Å². The van der Waals surface area contributed by atoms with Crippen LogP contribution in [0.2, 0.25) is 0 Å². The van der Waals surface area contributed by atoms with Crippen LogP contribution in [0.1, 0.15) is 0 Å². The van der Waals surface area contributed by atoms with Gasteiger partial charge in [0, 0.05) is 5.69 Å². The van der Waals surface area contributed by atoms with Gasteiger partial charge < -0.3 is 4.74 Å². The third kappa shape index (κ3) is 1.50. The first-order valence-corrected chi connectivity index (χ1v) is 6.09. The molecule has 92 valence electrons. The zero-order valence-electron chi connectivity index (χ0n) is 10.1. The summed E-state index contributed by atoms with van der Waals surface area (Å²) in [7, 11) is 0. The summed E-state index contributed by atoms with van der Waals surface area (Å²) in [4.78, 5) is 2.11. The molecule has 0 amide bonds. The number of fused-ring (bicyclic) bond motifs is 2. The van der Waals surface area contributed by atoms with E-state index in [0.29, 0.717) is 0 Å². The molecule has 0 saturated heterocycles. The van der Waals surface area contributed by atoms with Crippen molar-refractivity contribution in [3.8, 4) is 11.5 Å². The Kier molecular flexibility index (Phi) is 2.08. The first-order valence-electron chi connectivity index (χ1n) is 6.09. The molecule has 19 heavy (non-hydrogen) atoms. The lowest BCUT2D eigenvalue weighted by atomic mass is 10.2. The number of benzene rings is 2. The highest BCUT2D eigenvalue weighted by molar-refractivity contribution is 5.83. The van der Waals surface area contributed by atoms with E-state index < -0.39 is 0 Å². The lowest BCUT2D eigenvalue weighted by molar-refractivity contribution is 0.477. The highest BCUT2D eigenvalue weighted by Crippen LogP contribution is 2.48. The fraction of sp³-hybridized carbons (Fsp3) is 0. The highest BCUT2D eigenvalue weighted by atomic mass is 16.5. The minimum Gasteiger partial charge on any atom is -0.450 e. The van der Waals surface area contributed by atoms with Crippen molar-refractivity contribution in [2.45, 2.75) is 0 Å². The van der Waals surface area contributed by atoms with Crippen LogP contribution in [0, 0.1) is 0 Å². The molecule has 0 bridgehead atoms. The van der Waals surface area contributed by atoms with E-state index in [-0.39, 0.29) is 0 Å². The van der Waals surface area contributed by atoms with Crippen LogP contribution >= 0.6 is 0 Å². The minimum absolute atomic E-state index is 0.738. The molecular formula is C15H11N3O. The third-order valence-corrected chi connectivity index (χ3v) is 3.15. The predicted molar refractivity (Wildman–Crippen MR) is 73.3 cm³/mol. The summed E-state index contributed by atoms with van der Waals surface area (Å²) in [5.74, 6) is 2.42. The van der Waals surface area contributed by atoms with Gasteiger partial charge in [0.05, 0.1) is 11.9 Å². The van der Waals surface area contributed by atoms with Crippen molar-refractivity contribution in [1.82, 2.24) is 10.2 Å². The molecule has 1 aliphatic heterocycles. The Balaban J connectivity index is 1.96. The number of ether oxygens (including phenoxy) is 1. The Bertz CT molecular complexity index is 721. The number of nitrogens with one attached hydrogen (secondary N) is 1. The molecule has 4 heteroatoms. The Labute approximate surface area is 110 Å². The van der Waals surface area contributed by atoms with Gasteiger partial charge in [0.1, 0.15) is 0 Å². The van der Waals surface area contributed by atoms with E-state index in [1.165, 1.54) is 0 Å². The van der Waals surface area contributed by atoms with Crippen LogP contribution in [0.5, 0.6) is 11.5 Å². The summed E-state index contributed by atoms with van der Waals surface area (Å²) < 4.78 is 5.83. The zero-order chi connectivity index (χ0) is 12.7. The predicted octanol–water partition coefficient (Wildman–Crippen LogP) is 3.99. The molecule has 0 atom stereocenters. The van der Waals surface area contributed by atoms with Crippen LogP contribution in [-0.4, -0.2) is 10.2 Å². The molecule has 1 N–H and O–H groups in total. The molecule has 2 heterocycles. The standard InChI is InChI=1S/C15H11N3O/c1-2-6-11(7-3-1)18-12-8-4-5-9-13(12)19-14-10-16-17-15(14)18/h1-10H,(H,16,17). The number of hydrogen-bond donors (Lipinski definition) is 1. The van der Waals surface area contributed by atoms with Gasteiger partial charge in [0.25, 0.3) is 0 Å². The minimum atomic E-state index is 0.738. The zero-order valence-corrected chi connectivity index (χ0v) is 10.1. The number of nitrogens with zero attached hydrogens (tertiary/aromatic N) is 2. The monoisotopic (exact) mass is 249 g/mol. The largest absolute Gasteiger partial charge is 0.450 e. The molecule has 0 fully saturated rings. The Morgan fingerprint density at radius 1 is 0.895 bits per heavy atom. The molecule has 4 rings (SSSR count). The Hall–Kier alpha value is -2.75. The lowest BCUT2D eigenvalue weighted by Gasteiger charge is -2.29. The van der Waals surface area contributed by atoms with Crippen LogP contribution in [0.3, 0.4) is 0 Å². The molecule has 1 aliphatic rings. The normalized spacial score (nSPS) is 12.5. The number of anilines is 3. The van der Waals surface area contributed by atoms with E-state index in [0.717, 1.165) is 28.7 Å². The van der Waals surface area contributed by atoms with Gasteiger partial charge in [-0.1, -0.05) is 30.3 Å². The number of rotatable bonds is 1. The van der Waals surface area contributed by atoms with Crippen molar-refractivity contribution in [3.63, 3.8) is 0 Å². The van der Waals surface area contributed by atoms with E-state index in [4.69, 9.17) is 4.74 Å². The van der Waals surface area contributed by atoms with Crippen LogP contribution < -0.4 is 9.64 Å². The maximum Gasteiger partial charge on any atom is 0.190 e. The molecule has 2 aromatic carbocycles. The fourth-order valence-corrected chi connectivity index (χ4v) is 2.32. The maximum absolute atomic E-state index is 5.83. The van der Waals surface area contributed by atoms with Crippen molar-refractivity contribution in [2.24, 2.45) is 0 Å². The van der Waals surface area contributed by atoms with Crippen molar-refractivity contribution in [2.75, 3.05) is 4.90 Å². The molecule has 0 spiro atoms. The van der Waals surface area contributed by atoms with Crippen LogP contribution in [-0.2, 0) is 0 Å². The van der Waals surface area contributed by atoms with Crippen LogP contribution in [0.4, 0.5) is 17.2 Å². The summed E-state index contributed by atoms with van der Waals surface area (Å²) in [5.41, 5.74) is 2.08. The average molecular weight is 249 g/mol. The second-order valence-corrected chi connectivity index (χ2v) is 4.32. The number of hydrogen-bond acceptors (Lipinski definition) is 3. The number of para-hydroxylation sites is 3. The van der Waals surface area contributed by atoms with Gasteiger partial charge in [0.15, 0.2) is 17.3 Å². The van der Waals surface area contributed by atoms with Gasteiger partial charge in [-0.05, 0) is 24.3 Å². The van der Waals surface area contributed by atoms with Crippen molar-refractivity contribution >= 4 is 17.2 Å². The van der Waals surface area contributed by atoms with E-state index >= 15 is 0 Å². The number of aromatic amines is 1. The highest BCUT2D eigenvalue weighted by Gasteiger charge is 2.26. The van der Waals surface area contributed by atoms with Gasteiger partial charge in [-0.25, -0.2) is 0 Å². The van der Waals surface area contributed by atoms with Crippen molar-refractivity contribution in [1.29, 1.82) is 0 Å². The molecule has 4 nitrogen and oxygen atoms in total.